The van der Waals surface area contributed by atoms with Gasteiger partial charge >= 0.3 is 0 Å². The third kappa shape index (κ3) is 4.71. The summed E-state index contributed by atoms with van der Waals surface area (Å²) in [5.74, 6) is 0. The molecule has 0 fully saturated rings. The monoisotopic (exact) mass is 269 g/mol. The van der Waals surface area contributed by atoms with Gasteiger partial charge in [-0.25, -0.2) is 0 Å². The second-order valence-electron chi connectivity index (χ2n) is 5.48. The number of rotatable bonds is 8. The van der Waals surface area contributed by atoms with Gasteiger partial charge in [-0.1, -0.05) is 6.92 Å². The molecule has 0 aliphatic carbocycles. The van der Waals surface area contributed by atoms with Crippen LogP contribution < -0.4 is 5.32 Å². The molecule has 0 saturated heterocycles. The molecule has 1 rings (SSSR count). The maximum Gasteiger partial charge on any atom is 0.0623 e. The zero-order valence-electron chi connectivity index (χ0n) is 12.4. The Hall–Kier alpha value is -0.380. The Morgan fingerprint density at radius 3 is 2.67 bits per heavy atom. The van der Waals surface area contributed by atoms with E-state index in [0.29, 0.717) is 6.04 Å². The van der Waals surface area contributed by atoms with Gasteiger partial charge in [0.1, 0.15) is 0 Å². The summed E-state index contributed by atoms with van der Waals surface area (Å²) in [4.78, 5) is 1.48. The molecule has 0 spiro atoms. The van der Waals surface area contributed by atoms with Gasteiger partial charge in [0.2, 0.25) is 0 Å². The van der Waals surface area contributed by atoms with Gasteiger partial charge in [0.25, 0.3) is 0 Å². The third-order valence-electron chi connectivity index (χ3n) is 3.45. The van der Waals surface area contributed by atoms with Gasteiger partial charge in [-0.2, -0.15) is 0 Å². The van der Waals surface area contributed by atoms with Crippen molar-refractivity contribution in [1.29, 1.82) is 0 Å². The Bertz CT molecular complexity index is 346. The summed E-state index contributed by atoms with van der Waals surface area (Å²) < 4.78 is 5.52. The van der Waals surface area contributed by atoms with E-state index in [4.69, 9.17) is 4.74 Å². The lowest BCUT2D eigenvalue weighted by atomic mass is 9.97. The first-order valence-electron chi connectivity index (χ1n) is 6.82. The predicted molar refractivity (Wildman–Crippen MR) is 80.4 cm³/mol. The lowest BCUT2D eigenvalue weighted by Crippen LogP contribution is -2.27. The van der Waals surface area contributed by atoms with Crippen molar-refractivity contribution >= 4 is 11.3 Å². The lowest BCUT2D eigenvalue weighted by Gasteiger charge is -2.26. The lowest BCUT2D eigenvalue weighted by molar-refractivity contribution is 0.0117. The third-order valence-corrected chi connectivity index (χ3v) is 4.58. The van der Waals surface area contributed by atoms with Gasteiger partial charge in [0.15, 0.2) is 0 Å². The van der Waals surface area contributed by atoms with Crippen LogP contribution in [0.1, 0.15) is 56.5 Å². The van der Waals surface area contributed by atoms with Crippen LogP contribution in [-0.2, 0) is 4.74 Å². The topological polar surface area (TPSA) is 21.3 Å². The maximum atomic E-state index is 5.52. The zero-order valence-corrected chi connectivity index (χ0v) is 13.2. The minimum atomic E-state index is -0.0304. The molecule has 1 N–H and O–H groups in total. The van der Waals surface area contributed by atoms with Crippen molar-refractivity contribution in [3.8, 4) is 0 Å². The van der Waals surface area contributed by atoms with Crippen molar-refractivity contribution in [2.75, 3.05) is 13.7 Å². The first-order valence-corrected chi connectivity index (χ1v) is 7.70. The van der Waals surface area contributed by atoms with Crippen LogP contribution in [0.15, 0.2) is 11.4 Å². The maximum absolute atomic E-state index is 5.52. The number of nitrogens with one attached hydrogen (secondary N) is 1. The van der Waals surface area contributed by atoms with Crippen LogP contribution in [0.4, 0.5) is 0 Å². The second-order valence-corrected chi connectivity index (χ2v) is 6.42. The Morgan fingerprint density at radius 1 is 1.44 bits per heavy atom. The van der Waals surface area contributed by atoms with Crippen LogP contribution >= 0.6 is 11.3 Å². The molecule has 3 heteroatoms. The Labute approximate surface area is 116 Å². The van der Waals surface area contributed by atoms with Crippen LogP contribution in [0.5, 0.6) is 0 Å². The van der Waals surface area contributed by atoms with Crippen molar-refractivity contribution in [2.45, 2.75) is 58.6 Å². The minimum absolute atomic E-state index is 0.0304. The number of hydrogen-bond donors (Lipinski definition) is 1. The summed E-state index contributed by atoms with van der Waals surface area (Å²) in [7, 11) is 1.80. The molecule has 1 aromatic heterocycles. The smallest absolute Gasteiger partial charge is 0.0623 e. The quantitative estimate of drug-likeness (QED) is 0.759. The van der Waals surface area contributed by atoms with Crippen LogP contribution in [0.3, 0.4) is 0 Å². The van der Waals surface area contributed by atoms with Crippen LogP contribution in [0, 0.1) is 6.92 Å². The van der Waals surface area contributed by atoms with Crippen molar-refractivity contribution in [1.82, 2.24) is 5.32 Å². The van der Waals surface area contributed by atoms with Crippen molar-refractivity contribution in [3.05, 3.63) is 21.9 Å². The van der Waals surface area contributed by atoms with Crippen LogP contribution in [0.2, 0.25) is 0 Å². The molecule has 0 amide bonds. The Morgan fingerprint density at radius 2 is 2.17 bits per heavy atom. The minimum Gasteiger partial charge on any atom is -0.379 e. The van der Waals surface area contributed by atoms with Crippen LogP contribution in [0.25, 0.3) is 0 Å². The Balaban J connectivity index is 2.65. The molecule has 0 aromatic carbocycles. The highest BCUT2D eigenvalue weighted by molar-refractivity contribution is 7.10. The number of aryl methyl sites for hydroxylation is 1. The van der Waals surface area contributed by atoms with Gasteiger partial charge in [0, 0.05) is 18.0 Å². The normalized spacial score (nSPS) is 13.8. The van der Waals surface area contributed by atoms with E-state index in [1.165, 1.54) is 16.9 Å². The van der Waals surface area contributed by atoms with E-state index >= 15 is 0 Å². The summed E-state index contributed by atoms with van der Waals surface area (Å²) in [6.07, 6.45) is 3.37. The standard InChI is InChI=1S/C15H27NOS/c1-6-10-16-13(7-9-15(3,4)17-5)14-12(2)8-11-18-14/h8,11,13,16H,6-7,9-10H2,1-5H3. The molecule has 2 nitrogen and oxygen atoms in total. The Kier molecular flexibility index (Phi) is 6.33. The molecule has 1 aromatic rings. The molecule has 0 bridgehead atoms. The van der Waals surface area contributed by atoms with Crippen molar-refractivity contribution in [3.63, 3.8) is 0 Å². The molecular weight excluding hydrogens is 242 g/mol. The number of methoxy groups -OCH3 is 1. The van der Waals surface area contributed by atoms with E-state index in [1.807, 2.05) is 11.3 Å². The first-order chi connectivity index (χ1) is 8.50. The largest absolute Gasteiger partial charge is 0.379 e. The average Bonchev–Trinajstić information content (AvgIpc) is 2.76. The summed E-state index contributed by atoms with van der Waals surface area (Å²) in [6, 6.07) is 2.68. The fourth-order valence-corrected chi connectivity index (χ4v) is 3.02. The van der Waals surface area contributed by atoms with Gasteiger partial charge < -0.3 is 10.1 Å². The first kappa shape index (κ1) is 15.7. The van der Waals surface area contributed by atoms with E-state index in [1.54, 1.807) is 7.11 Å². The predicted octanol–water partition coefficient (Wildman–Crippen LogP) is 4.30. The molecule has 0 aliphatic rings. The molecule has 0 aliphatic heterocycles. The molecule has 1 unspecified atom stereocenters. The summed E-state index contributed by atoms with van der Waals surface area (Å²) >= 11 is 1.86. The van der Waals surface area contributed by atoms with Gasteiger partial charge in [-0.3, -0.25) is 0 Å². The van der Waals surface area contributed by atoms with E-state index in [0.717, 1.165) is 19.4 Å². The molecule has 1 atom stereocenters. The fourth-order valence-electron chi connectivity index (χ4n) is 1.98. The van der Waals surface area contributed by atoms with Crippen molar-refractivity contribution in [2.24, 2.45) is 0 Å². The molecular formula is C15H27NOS. The van der Waals surface area contributed by atoms with E-state index in [9.17, 15) is 0 Å². The highest BCUT2D eigenvalue weighted by atomic mass is 32.1. The summed E-state index contributed by atoms with van der Waals surface area (Å²) in [5.41, 5.74) is 1.38. The average molecular weight is 269 g/mol. The van der Waals surface area contributed by atoms with Crippen LogP contribution in [-0.4, -0.2) is 19.3 Å². The highest BCUT2D eigenvalue weighted by Gasteiger charge is 2.21. The number of thiophene rings is 1. The van der Waals surface area contributed by atoms with E-state index in [-0.39, 0.29) is 5.60 Å². The van der Waals surface area contributed by atoms with Gasteiger partial charge in [-0.05, 0) is 63.6 Å². The highest BCUT2D eigenvalue weighted by Crippen LogP contribution is 2.30. The molecule has 0 radical (unpaired) electrons. The van der Waals surface area contributed by atoms with Crippen molar-refractivity contribution < 1.29 is 4.74 Å². The second kappa shape index (κ2) is 7.27. The summed E-state index contributed by atoms with van der Waals surface area (Å²) in [5, 5.41) is 5.85. The van der Waals surface area contributed by atoms with Gasteiger partial charge in [0.05, 0.1) is 5.60 Å². The number of hydrogen-bond acceptors (Lipinski definition) is 3. The van der Waals surface area contributed by atoms with Gasteiger partial charge in [-0.15, -0.1) is 11.3 Å². The van der Waals surface area contributed by atoms with E-state index in [2.05, 4.69) is 44.5 Å². The fraction of sp³-hybridized carbons (Fsp3) is 0.733. The SMILES string of the molecule is CCCNC(CCC(C)(C)OC)c1sccc1C. The van der Waals surface area contributed by atoms with E-state index < -0.39 is 0 Å². The molecule has 0 saturated carbocycles. The molecule has 104 valence electrons. The molecule has 18 heavy (non-hydrogen) atoms. The zero-order chi connectivity index (χ0) is 13.6. The molecule has 1 heterocycles. The summed E-state index contributed by atoms with van der Waals surface area (Å²) in [6.45, 7) is 9.81. The number of ether oxygens (including phenoxy) is 1.